The molecule has 0 aromatic heterocycles. The highest BCUT2D eigenvalue weighted by molar-refractivity contribution is 8.00. The van der Waals surface area contributed by atoms with E-state index in [4.69, 9.17) is 5.73 Å². The van der Waals surface area contributed by atoms with Gasteiger partial charge in [0, 0.05) is 5.75 Å². The fourth-order valence-electron chi connectivity index (χ4n) is 3.90. The lowest BCUT2D eigenvalue weighted by Crippen LogP contribution is -2.68. The number of aromatic hydroxyl groups is 1. The molecular weight excluding hydrogens is 388 g/mol. The summed E-state index contributed by atoms with van der Waals surface area (Å²) in [5.74, 6) is -0.631. The Bertz CT molecular complexity index is 873. The number of β-lactam (4-membered cyclic amide) rings is 1. The van der Waals surface area contributed by atoms with E-state index in [1.54, 1.807) is 0 Å². The van der Waals surface area contributed by atoms with Crippen LogP contribution >= 0.6 is 11.8 Å². The molecule has 2 aliphatic heterocycles. The summed E-state index contributed by atoms with van der Waals surface area (Å²) in [7, 11) is 0. The molecule has 2 heterocycles. The van der Waals surface area contributed by atoms with E-state index < -0.39 is 12.0 Å². The average molecular weight is 419 g/mol. The van der Waals surface area contributed by atoms with E-state index in [9.17, 15) is 19.8 Å². The van der Waals surface area contributed by atoms with Crippen molar-refractivity contribution in [2.45, 2.75) is 70.2 Å². The van der Waals surface area contributed by atoms with E-state index in [1.165, 1.54) is 16.7 Å². The number of phenolic OH excluding ortho intramolecular Hbond substituents is 1. The molecule has 7 heteroatoms. The summed E-state index contributed by atoms with van der Waals surface area (Å²) in [6, 6.07) is 3.28. The van der Waals surface area contributed by atoms with Crippen LogP contribution in [0.25, 0.3) is 0 Å². The minimum Gasteiger partial charge on any atom is -0.507 e. The second-order valence-electron chi connectivity index (χ2n) is 9.91. The lowest BCUT2D eigenvalue weighted by molar-refractivity contribution is -0.148. The second kappa shape index (κ2) is 7.06. The van der Waals surface area contributed by atoms with Gasteiger partial charge in [-0.2, -0.15) is 0 Å². The number of carbonyl (C=O) groups excluding carboxylic acids is 1. The maximum Gasteiger partial charge on any atom is 0.352 e. The standard InChI is InChI=1S/C22H30N2O4S/c1-21(2,3)13-8-11(9-14(17(13)25)22(4,5)6)7-12-10-29-19-15(23)18(26)24(19)16(12)20(27)28/h8-9,15,19,25H,7,10,23H2,1-6H3,(H,27,28)/t15?,19-/m0/s1. The Kier molecular flexibility index (Phi) is 5.28. The zero-order valence-electron chi connectivity index (χ0n) is 17.9. The number of hydrogen-bond donors (Lipinski definition) is 3. The molecule has 1 unspecified atom stereocenters. The Morgan fingerprint density at radius 3 is 2.14 bits per heavy atom. The lowest BCUT2D eigenvalue weighted by atomic mass is 9.78. The molecule has 0 saturated carbocycles. The first-order valence-electron chi connectivity index (χ1n) is 9.76. The van der Waals surface area contributed by atoms with E-state index >= 15 is 0 Å². The minimum atomic E-state index is -1.10. The first kappa shape index (κ1) is 21.7. The molecule has 1 amide bonds. The Morgan fingerprint density at radius 2 is 1.69 bits per heavy atom. The molecule has 1 saturated heterocycles. The van der Waals surface area contributed by atoms with Crippen LogP contribution in [0.15, 0.2) is 23.4 Å². The molecule has 0 aliphatic carbocycles. The number of benzene rings is 1. The number of thioether (sulfide) groups is 1. The van der Waals surface area contributed by atoms with E-state index in [0.717, 1.165) is 16.7 Å². The number of fused-ring (bicyclic) bond motifs is 1. The van der Waals surface area contributed by atoms with Crippen molar-refractivity contribution < 1.29 is 19.8 Å². The van der Waals surface area contributed by atoms with E-state index in [2.05, 4.69) is 0 Å². The maximum absolute atomic E-state index is 12.2. The van der Waals surface area contributed by atoms with Crippen LogP contribution < -0.4 is 5.73 Å². The van der Waals surface area contributed by atoms with Crippen molar-refractivity contribution in [3.8, 4) is 5.75 Å². The van der Waals surface area contributed by atoms with Crippen LogP contribution in [-0.4, -0.2) is 44.2 Å². The van der Waals surface area contributed by atoms with Gasteiger partial charge in [0.05, 0.1) is 0 Å². The molecule has 158 valence electrons. The van der Waals surface area contributed by atoms with Crippen molar-refractivity contribution in [2.24, 2.45) is 5.73 Å². The number of carboxylic acids is 1. The zero-order valence-corrected chi connectivity index (χ0v) is 18.7. The van der Waals surface area contributed by atoms with Gasteiger partial charge in [-0.3, -0.25) is 9.69 Å². The van der Waals surface area contributed by atoms with Gasteiger partial charge in [0.25, 0.3) is 0 Å². The Hall–Kier alpha value is -1.99. The lowest BCUT2D eigenvalue weighted by Gasteiger charge is -2.48. The van der Waals surface area contributed by atoms with Gasteiger partial charge in [0.15, 0.2) is 0 Å². The van der Waals surface area contributed by atoms with Crippen LogP contribution in [-0.2, 0) is 26.8 Å². The Balaban J connectivity index is 2.09. The highest BCUT2D eigenvalue weighted by Crippen LogP contribution is 2.43. The molecule has 1 aromatic rings. The van der Waals surface area contributed by atoms with Crippen LogP contribution in [0.3, 0.4) is 0 Å². The van der Waals surface area contributed by atoms with Crippen molar-refractivity contribution >= 4 is 23.6 Å². The number of nitrogens with two attached hydrogens (primary N) is 1. The molecule has 2 aliphatic rings. The van der Waals surface area contributed by atoms with Crippen molar-refractivity contribution in [3.63, 3.8) is 0 Å². The number of carboxylic acid groups (broad SMARTS) is 1. The molecule has 4 N–H and O–H groups in total. The smallest absolute Gasteiger partial charge is 0.352 e. The summed E-state index contributed by atoms with van der Waals surface area (Å²) in [5, 5.41) is 20.4. The molecule has 1 aromatic carbocycles. The molecule has 2 atom stereocenters. The van der Waals surface area contributed by atoms with Gasteiger partial charge in [0.1, 0.15) is 22.9 Å². The first-order valence-corrected chi connectivity index (χ1v) is 10.8. The SMILES string of the molecule is CC(C)(C)c1cc(CC2=C(C(=O)O)N3C(=O)C(N)[C@@H]3SC2)cc(C(C)(C)C)c1O. The summed E-state index contributed by atoms with van der Waals surface area (Å²) in [6.07, 6.45) is 0.410. The summed E-state index contributed by atoms with van der Waals surface area (Å²) in [6.45, 7) is 12.3. The number of nitrogens with zero attached hydrogens (tertiary/aromatic N) is 1. The topological polar surface area (TPSA) is 104 Å². The molecule has 1 fully saturated rings. The largest absolute Gasteiger partial charge is 0.507 e. The van der Waals surface area contributed by atoms with Gasteiger partial charge < -0.3 is 15.9 Å². The van der Waals surface area contributed by atoms with Gasteiger partial charge in [-0.1, -0.05) is 53.7 Å². The third-order valence-corrected chi connectivity index (χ3v) is 6.85. The molecule has 0 bridgehead atoms. The maximum atomic E-state index is 12.2. The van der Waals surface area contributed by atoms with E-state index in [1.807, 2.05) is 53.7 Å². The van der Waals surface area contributed by atoms with Crippen molar-refractivity contribution in [2.75, 3.05) is 5.75 Å². The van der Waals surface area contributed by atoms with E-state index in [0.29, 0.717) is 23.5 Å². The van der Waals surface area contributed by atoms with Crippen LogP contribution in [0, 0.1) is 0 Å². The van der Waals surface area contributed by atoms with Crippen molar-refractivity contribution in [3.05, 3.63) is 40.1 Å². The number of carbonyl (C=O) groups is 2. The monoisotopic (exact) mass is 418 g/mol. The second-order valence-corrected chi connectivity index (χ2v) is 11.0. The number of aliphatic carboxylic acids is 1. The average Bonchev–Trinajstić information content (AvgIpc) is 2.59. The summed E-state index contributed by atoms with van der Waals surface area (Å²) in [4.78, 5) is 25.5. The number of rotatable bonds is 3. The summed E-state index contributed by atoms with van der Waals surface area (Å²) in [5.41, 5.74) is 8.66. The molecule has 6 nitrogen and oxygen atoms in total. The quantitative estimate of drug-likeness (QED) is 0.652. The summed E-state index contributed by atoms with van der Waals surface area (Å²) < 4.78 is 0. The predicted octanol–water partition coefficient (Wildman–Crippen LogP) is 3.11. The van der Waals surface area contributed by atoms with Gasteiger partial charge in [0.2, 0.25) is 5.91 Å². The van der Waals surface area contributed by atoms with Gasteiger partial charge in [-0.15, -0.1) is 11.8 Å². The molecule has 0 radical (unpaired) electrons. The first-order chi connectivity index (χ1) is 13.2. The highest BCUT2D eigenvalue weighted by Gasteiger charge is 2.51. The number of phenols is 1. The van der Waals surface area contributed by atoms with Crippen LogP contribution in [0.1, 0.15) is 58.2 Å². The van der Waals surface area contributed by atoms with Gasteiger partial charge in [-0.25, -0.2) is 4.79 Å². The van der Waals surface area contributed by atoms with Crippen LogP contribution in [0.2, 0.25) is 0 Å². The molecule has 29 heavy (non-hydrogen) atoms. The third kappa shape index (κ3) is 3.78. The van der Waals surface area contributed by atoms with Crippen molar-refractivity contribution in [1.82, 2.24) is 4.90 Å². The predicted molar refractivity (Wildman–Crippen MR) is 115 cm³/mol. The van der Waals surface area contributed by atoms with Gasteiger partial charge >= 0.3 is 5.97 Å². The molecule has 0 spiro atoms. The van der Waals surface area contributed by atoms with Gasteiger partial charge in [-0.05, 0) is 39.5 Å². The highest BCUT2D eigenvalue weighted by atomic mass is 32.2. The normalized spacial score (nSPS) is 22.4. The minimum absolute atomic E-state index is 0.0585. The fraction of sp³-hybridized carbons (Fsp3) is 0.545. The number of amides is 1. The van der Waals surface area contributed by atoms with Crippen molar-refractivity contribution in [1.29, 1.82) is 0 Å². The molecule has 3 rings (SSSR count). The third-order valence-electron chi connectivity index (χ3n) is 5.49. The van der Waals surface area contributed by atoms with Crippen LogP contribution in [0.5, 0.6) is 5.75 Å². The fourth-order valence-corrected chi connectivity index (χ4v) is 5.19. The summed E-state index contributed by atoms with van der Waals surface area (Å²) >= 11 is 1.51. The Labute approximate surface area is 176 Å². The van der Waals surface area contributed by atoms with E-state index in [-0.39, 0.29) is 27.8 Å². The zero-order chi connectivity index (χ0) is 21.9. The molecular formula is C22H30N2O4S. The van der Waals surface area contributed by atoms with Crippen LogP contribution in [0.4, 0.5) is 0 Å². The number of hydrogen-bond acceptors (Lipinski definition) is 5. The Morgan fingerprint density at radius 1 is 1.17 bits per heavy atom.